The van der Waals surface area contributed by atoms with Gasteiger partial charge in [0, 0.05) is 10.6 Å². The van der Waals surface area contributed by atoms with Crippen LogP contribution in [0.4, 0.5) is 0 Å². The van der Waals surface area contributed by atoms with Gasteiger partial charge in [-0.2, -0.15) is 0 Å². The van der Waals surface area contributed by atoms with Gasteiger partial charge in [0.05, 0.1) is 0 Å². The predicted molar refractivity (Wildman–Crippen MR) is 67.8 cm³/mol. The van der Waals surface area contributed by atoms with Crippen molar-refractivity contribution >= 4 is 25.1 Å². The smallest absolute Gasteiger partial charge is 0.113 e. The van der Waals surface area contributed by atoms with Gasteiger partial charge < -0.3 is 0 Å². The Morgan fingerprint density at radius 3 is 2.20 bits per heavy atom. The molecule has 0 aliphatic rings. The molecular weight excluding hydrogens is 199 g/mol. The van der Waals surface area contributed by atoms with Gasteiger partial charge in [0.15, 0.2) is 0 Å². The van der Waals surface area contributed by atoms with E-state index in [1.54, 1.807) is 0 Å². The summed E-state index contributed by atoms with van der Waals surface area (Å²) in [7, 11) is 5.62. The van der Waals surface area contributed by atoms with E-state index in [4.69, 9.17) is 7.85 Å². The molecule has 2 aromatic carbocycles. The SMILES string of the molecule is [B]c1ccc(SCc2ccccc2)cc1. The van der Waals surface area contributed by atoms with Crippen molar-refractivity contribution in [3.05, 3.63) is 60.2 Å². The summed E-state index contributed by atoms with van der Waals surface area (Å²) < 4.78 is 0. The molecule has 2 radical (unpaired) electrons. The van der Waals surface area contributed by atoms with E-state index < -0.39 is 0 Å². The van der Waals surface area contributed by atoms with Gasteiger partial charge >= 0.3 is 0 Å². The number of rotatable bonds is 3. The zero-order chi connectivity index (χ0) is 10.5. The topological polar surface area (TPSA) is 0 Å². The molecule has 0 amide bonds. The minimum absolute atomic E-state index is 0.819. The van der Waals surface area contributed by atoms with E-state index in [9.17, 15) is 0 Å². The van der Waals surface area contributed by atoms with Crippen molar-refractivity contribution in [2.75, 3.05) is 0 Å². The lowest BCUT2D eigenvalue weighted by molar-refractivity contribution is 1.39. The van der Waals surface area contributed by atoms with E-state index in [0.717, 1.165) is 11.2 Å². The molecule has 0 spiro atoms. The van der Waals surface area contributed by atoms with Crippen LogP contribution in [0, 0.1) is 0 Å². The van der Waals surface area contributed by atoms with Crippen LogP contribution in [0.25, 0.3) is 0 Å². The van der Waals surface area contributed by atoms with Gasteiger partial charge in [-0.05, 0) is 17.7 Å². The van der Waals surface area contributed by atoms with Crippen molar-refractivity contribution in [1.29, 1.82) is 0 Å². The van der Waals surface area contributed by atoms with Crippen LogP contribution in [0.1, 0.15) is 5.56 Å². The Kier molecular flexibility index (Phi) is 3.52. The molecule has 72 valence electrons. The first-order valence-electron chi connectivity index (χ1n) is 4.87. The van der Waals surface area contributed by atoms with Gasteiger partial charge in [-0.15, -0.1) is 11.8 Å². The van der Waals surface area contributed by atoms with Crippen LogP contribution in [0.5, 0.6) is 0 Å². The molecule has 0 unspecified atom stereocenters. The first-order valence-corrected chi connectivity index (χ1v) is 5.85. The molecule has 0 saturated heterocycles. The highest BCUT2D eigenvalue weighted by atomic mass is 32.2. The van der Waals surface area contributed by atoms with Crippen LogP contribution in [0.2, 0.25) is 0 Å². The number of hydrogen-bond acceptors (Lipinski definition) is 1. The summed E-state index contributed by atoms with van der Waals surface area (Å²) in [6.45, 7) is 0. The summed E-state index contributed by atoms with van der Waals surface area (Å²) in [6, 6.07) is 18.5. The van der Waals surface area contributed by atoms with E-state index in [1.165, 1.54) is 10.5 Å². The van der Waals surface area contributed by atoms with Crippen molar-refractivity contribution in [2.24, 2.45) is 0 Å². The molecule has 2 aromatic rings. The van der Waals surface area contributed by atoms with Crippen LogP contribution >= 0.6 is 11.8 Å². The maximum atomic E-state index is 5.62. The van der Waals surface area contributed by atoms with Crippen molar-refractivity contribution in [3.63, 3.8) is 0 Å². The largest absolute Gasteiger partial charge is 0.121 e. The van der Waals surface area contributed by atoms with E-state index >= 15 is 0 Å². The molecule has 2 heteroatoms. The molecule has 0 saturated carbocycles. The molecule has 2 rings (SSSR count). The lowest BCUT2D eigenvalue weighted by atomic mass is 9.97. The van der Waals surface area contributed by atoms with E-state index in [2.05, 4.69) is 36.4 Å². The minimum atomic E-state index is 0.819. The fourth-order valence-electron chi connectivity index (χ4n) is 1.30. The molecule has 0 aromatic heterocycles. The van der Waals surface area contributed by atoms with Gasteiger partial charge in [-0.25, -0.2) is 0 Å². The Labute approximate surface area is 96.1 Å². The Morgan fingerprint density at radius 1 is 0.867 bits per heavy atom. The molecule has 0 heterocycles. The average molecular weight is 210 g/mol. The van der Waals surface area contributed by atoms with Crippen LogP contribution < -0.4 is 5.46 Å². The highest BCUT2D eigenvalue weighted by Crippen LogP contribution is 2.21. The average Bonchev–Trinajstić information content (AvgIpc) is 2.30. The van der Waals surface area contributed by atoms with Crippen LogP contribution in [-0.2, 0) is 5.75 Å². The molecule has 0 aliphatic carbocycles. The maximum Gasteiger partial charge on any atom is 0.113 e. The fraction of sp³-hybridized carbons (Fsp3) is 0.0769. The normalized spacial score (nSPS) is 10.1. The Morgan fingerprint density at radius 2 is 1.53 bits per heavy atom. The number of hydrogen-bond donors (Lipinski definition) is 0. The second kappa shape index (κ2) is 5.08. The third-order valence-corrected chi connectivity index (χ3v) is 3.21. The number of benzene rings is 2. The third-order valence-electron chi connectivity index (χ3n) is 2.13. The molecule has 0 nitrogen and oxygen atoms in total. The monoisotopic (exact) mass is 210 g/mol. The van der Waals surface area contributed by atoms with E-state index in [0.29, 0.717) is 0 Å². The van der Waals surface area contributed by atoms with Crippen molar-refractivity contribution < 1.29 is 0 Å². The zero-order valence-electron chi connectivity index (χ0n) is 8.39. The molecule has 0 fully saturated rings. The van der Waals surface area contributed by atoms with Gasteiger partial charge in [0.1, 0.15) is 7.85 Å². The maximum absolute atomic E-state index is 5.62. The Balaban J connectivity index is 1.96. The molecule has 0 N–H and O–H groups in total. The van der Waals surface area contributed by atoms with Crippen LogP contribution in [0.15, 0.2) is 59.5 Å². The first kappa shape index (κ1) is 10.4. The molecule has 0 aliphatic heterocycles. The van der Waals surface area contributed by atoms with Crippen LogP contribution in [0.3, 0.4) is 0 Å². The zero-order valence-corrected chi connectivity index (χ0v) is 9.21. The summed E-state index contributed by atoms with van der Waals surface area (Å²) >= 11 is 1.83. The summed E-state index contributed by atoms with van der Waals surface area (Å²) in [6.07, 6.45) is 0. The molecule has 15 heavy (non-hydrogen) atoms. The number of thioether (sulfide) groups is 1. The summed E-state index contributed by atoms with van der Waals surface area (Å²) in [4.78, 5) is 1.26. The van der Waals surface area contributed by atoms with Crippen molar-refractivity contribution in [2.45, 2.75) is 10.6 Å². The highest BCUT2D eigenvalue weighted by molar-refractivity contribution is 7.98. The van der Waals surface area contributed by atoms with Gasteiger partial charge in [0.2, 0.25) is 0 Å². The molecule has 0 bridgehead atoms. The van der Waals surface area contributed by atoms with Gasteiger partial charge in [-0.1, -0.05) is 47.9 Å². The second-order valence-electron chi connectivity index (χ2n) is 3.34. The van der Waals surface area contributed by atoms with E-state index in [1.807, 2.05) is 30.0 Å². The highest BCUT2D eigenvalue weighted by Gasteiger charge is 1.94. The lowest BCUT2D eigenvalue weighted by Gasteiger charge is -2.02. The Hall–Kier alpha value is -1.15. The quantitative estimate of drug-likeness (QED) is 0.554. The van der Waals surface area contributed by atoms with Gasteiger partial charge in [0.25, 0.3) is 0 Å². The third kappa shape index (κ3) is 3.17. The van der Waals surface area contributed by atoms with E-state index in [-0.39, 0.29) is 0 Å². The van der Waals surface area contributed by atoms with Crippen molar-refractivity contribution in [1.82, 2.24) is 0 Å². The fourth-order valence-corrected chi connectivity index (χ4v) is 2.16. The second-order valence-corrected chi connectivity index (χ2v) is 4.39. The van der Waals surface area contributed by atoms with Gasteiger partial charge in [-0.3, -0.25) is 0 Å². The van der Waals surface area contributed by atoms with Crippen LogP contribution in [-0.4, -0.2) is 7.85 Å². The first-order chi connectivity index (χ1) is 7.34. The predicted octanol–water partition coefficient (Wildman–Crippen LogP) is 2.77. The molecular formula is C13H11BS. The minimum Gasteiger partial charge on any atom is -0.121 e. The summed E-state index contributed by atoms with van der Waals surface area (Å²) in [5.41, 5.74) is 2.17. The standard InChI is InChI=1S/C13H11BS/c14-12-6-8-13(9-7-12)15-10-11-4-2-1-3-5-11/h1-9H,10H2. The lowest BCUT2D eigenvalue weighted by Crippen LogP contribution is -1.98. The summed E-state index contributed by atoms with van der Waals surface area (Å²) in [5.74, 6) is 1.00. The van der Waals surface area contributed by atoms with Crippen molar-refractivity contribution in [3.8, 4) is 0 Å². The summed E-state index contributed by atoms with van der Waals surface area (Å²) in [5, 5.41) is 0. The molecule has 0 atom stereocenters. The Bertz CT molecular complexity index is 408.